The molecule has 0 amide bonds. The maximum Gasteiger partial charge on any atom is 0.0487 e. The van der Waals surface area contributed by atoms with Gasteiger partial charge in [0.2, 0.25) is 0 Å². The van der Waals surface area contributed by atoms with Crippen molar-refractivity contribution in [2.75, 3.05) is 5.43 Å². The number of hydrogen-bond acceptors (Lipinski definition) is 2. The van der Waals surface area contributed by atoms with Gasteiger partial charge in [0.05, 0.1) is 0 Å². The lowest BCUT2D eigenvalue weighted by Crippen LogP contribution is -2.21. The number of halogens is 1. The summed E-state index contributed by atoms with van der Waals surface area (Å²) in [6.07, 6.45) is 0. The molecule has 88 valence electrons. The van der Waals surface area contributed by atoms with E-state index in [0.29, 0.717) is 0 Å². The summed E-state index contributed by atoms with van der Waals surface area (Å²) >= 11 is 2.37. The van der Waals surface area contributed by atoms with Crippen LogP contribution in [0.5, 0.6) is 0 Å². The van der Waals surface area contributed by atoms with Crippen molar-refractivity contribution in [2.24, 2.45) is 0 Å². The zero-order chi connectivity index (χ0) is 12.1. The van der Waals surface area contributed by atoms with Crippen molar-refractivity contribution < 1.29 is 0 Å². The lowest BCUT2D eigenvalue weighted by atomic mass is 10.1. The van der Waals surface area contributed by atoms with Crippen LogP contribution < -0.4 is 10.9 Å². The standard InChI is InChI=1S/C14H15IN2/c1-11-12(6-5-9-14(11)15)10-16-17-13-7-3-2-4-8-13/h2-9,16-17H,10H2,1H3. The second-order valence-corrected chi connectivity index (χ2v) is 5.03. The summed E-state index contributed by atoms with van der Waals surface area (Å²) in [7, 11) is 0. The van der Waals surface area contributed by atoms with Crippen LogP contribution in [0.2, 0.25) is 0 Å². The Kier molecular flexibility index (Phi) is 4.39. The van der Waals surface area contributed by atoms with Crippen molar-refractivity contribution >= 4 is 28.3 Å². The third-order valence-electron chi connectivity index (χ3n) is 2.67. The lowest BCUT2D eigenvalue weighted by molar-refractivity contribution is 0.795. The first-order valence-electron chi connectivity index (χ1n) is 5.55. The van der Waals surface area contributed by atoms with Gasteiger partial charge < -0.3 is 5.43 Å². The molecular formula is C14H15IN2. The molecule has 0 heterocycles. The fraction of sp³-hybridized carbons (Fsp3) is 0.143. The molecule has 0 saturated carbocycles. The molecule has 0 bridgehead atoms. The van der Waals surface area contributed by atoms with E-state index in [1.165, 1.54) is 14.7 Å². The summed E-state index contributed by atoms with van der Waals surface area (Å²) in [5.74, 6) is 0. The number of hydrazine groups is 1. The van der Waals surface area contributed by atoms with Crippen LogP contribution in [0.1, 0.15) is 11.1 Å². The summed E-state index contributed by atoms with van der Waals surface area (Å²) in [6.45, 7) is 2.97. The van der Waals surface area contributed by atoms with E-state index in [9.17, 15) is 0 Å². The molecule has 0 aliphatic heterocycles. The minimum absolute atomic E-state index is 0.817. The highest BCUT2D eigenvalue weighted by atomic mass is 127. The molecule has 0 unspecified atom stereocenters. The summed E-state index contributed by atoms with van der Waals surface area (Å²) in [4.78, 5) is 0. The first-order valence-corrected chi connectivity index (χ1v) is 6.63. The molecule has 17 heavy (non-hydrogen) atoms. The summed E-state index contributed by atoms with van der Waals surface area (Å²) in [6, 6.07) is 16.5. The van der Waals surface area contributed by atoms with Crippen LogP contribution >= 0.6 is 22.6 Å². The van der Waals surface area contributed by atoms with Gasteiger partial charge in [-0.1, -0.05) is 30.3 Å². The second-order valence-electron chi connectivity index (χ2n) is 3.87. The Morgan fingerprint density at radius 1 is 1.00 bits per heavy atom. The molecule has 0 radical (unpaired) electrons. The van der Waals surface area contributed by atoms with Crippen molar-refractivity contribution in [1.82, 2.24) is 5.43 Å². The first kappa shape index (κ1) is 12.4. The molecule has 0 saturated heterocycles. The number of para-hydroxylation sites is 1. The highest BCUT2D eigenvalue weighted by Gasteiger charge is 2.00. The maximum absolute atomic E-state index is 3.23. The Morgan fingerprint density at radius 3 is 2.53 bits per heavy atom. The van der Waals surface area contributed by atoms with Gasteiger partial charge in [-0.25, -0.2) is 5.43 Å². The second kappa shape index (κ2) is 6.02. The number of benzene rings is 2. The molecule has 0 spiro atoms. The van der Waals surface area contributed by atoms with Crippen LogP contribution in [0, 0.1) is 10.5 Å². The number of anilines is 1. The van der Waals surface area contributed by atoms with Crippen molar-refractivity contribution in [1.29, 1.82) is 0 Å². The number of rotatable bonds is 4. The maximum atomic E-state index is 3.23. The van der Waals surface area contributed by atoms with E-state index >= 15 is 0 Å². The van der Waals surface area contributed by atoms with Crippen LogP contribution in [0.4, 0.5) is 5.69 Å². The van der Waals surface area contributed by atoms with Gasteiger partial charge in [0.25, 0.3) is 0 Å². The van der Waals surface area contributed by atoms with E-state index in [1.807, 2.05) is 30.3 Å². The quantitative estimate of drug-likeness (QED) is 0.656. The molecule has 0 aliphatic carbocycles. The average molecular weight is 338 g/mol. The fourth-order valence-electron chi connectivity index (χ4n) is 1.61. The summed E-state index contributed by atoms with van der Waals surface area (Å²) in [5, 5.41) is 0. The molecule has 2 N–H and O–H groups in total. The van der Waals surface area contributed by atoms with E-state index < -0.39 is 0 Å². The molecule has 0 aromatic heterocycles. The number of hydrogen-bond donors (Lipinski definition) is 2. The molecule has 0 aliphatic rings. The lowest BCUT2D eigenvalue weighted by Gasteiger charge is -2.11. The van der Waals surface area contributed by atoms with Gasteiger partial charge in [0, 0.05) is 15.8 Å². The Labute approximate surface area is 116 Å². The minimum atomic E-state index is 0.817. The van der Waals surface area contributed by atoms with E-state index in [0.717, 1.165) is 12.2 Å². The van der Waals surface area contributed by atoms with Crippen LogP contribution in [0.25, 0.3) is 0 Å². The Morgan fingerprint density at radius 2 is 1.76 bits per heavy atom. The van der Waals surface area contributed by atoms with Gasteiger partial charge in [0.15, 0.2) is 0 Å². The van der Waals surface area contributed by atoms with Gasteiger partial charge in [-0.2, -0.15) is 0 Å². The van der Waals surface area contributed by atoms with Crippen molar-refractivity contribution in [3.05, 3.63) is 63.2 Å². The van der Waals surface area contributed by atoms with Gasteiger partial charge in [0.1, 0.15) is 0 Å². The Bertz CT molecular complexity index is 483. The largest absolute Gasteiger partial charge is 0.321 e. The monoisotopic (exact) mass is 338 g/mol. The van der Waals surface area contributed by atoms with Gasteiger partial charge in [-0.05, 0) is 58.8 Å². The smallest absolute Gasteiger partial charge is 0.0487 e. The normalized spacial score (nSPS) is 10.2. The van der Waals surface area contributed by atoms with Crippen molar-refractivity contribution in [3.63, 3.8) is 0 Å². The van der Waals surface area contributed by atoms with Gasteiger partial charge >= 0.3 is 0 Å². The Balaban J connectivity index is 1.93. The Hall–Kier alpha value is -1.07. The molecule has 3 heteroatoms. The predicted molar refractivity (Wildman–Crippen MR) is 80.8 cm³/mol. The third-order valence-corrected chi connectivity index (χ3v) is 3.83. The van der Waals surface area contributed by atoms with Crippen LogP contribution in [-0.2, 0) is 6.54 Å². The molecule has 2 rings (SSSR count). The van der Waals surface area contributed by atoms with Gasteiger partial charge in [-0.3, -0.25) is 0 Å². The summed E-state index contributed by atoms with van der Waals surface area (Å²) < 4.78 is 1.31. The van der Waals surface area contributed by atoms with Crippen LogP contribution in [0.15, 0.2) is 48.5 Å². The molecular weight excluding hydrogens is 323 g/mol. The average Bonchev–Trinajstić information content (AvgIpc) is 2.36. The highest BCUT2D eigenvalue weighted by molar-refractivity contribution is 14.1. The third kappa shape index (κ3) is 3.44. The van der Waals surface area contributed by atoms with Crippen LogP contribution in [0.3, 0.4) is 0 Å². The fourth-order valence-corrected chi connectivity index (χ4v) is 2.16. The number of nitrogens with one attached hydrogen (secondary N) is 2. The molecule has 2 aromatic carbocycles. The zero-order valence-corrected chi connectivity index (χ0v) is 11.9. The SMILES string of the molecule is Cc1c(I)cccc1CNNc1ccccc1. The predicted octanol–water partition coefficient (Wildman–Crippen LogP) is 3.72. The van der Waals surface area contributed by atoms with Crippen molar-refractivity contribution in [3.8, 4) is 0 Å². The zero-order valence-electron chi connectivity index (χ0n) is 9.70. The van der Waals surface area contributed by atoms with E-state index in [4.69, 9.17) is 0 Å². The van der Waals surface area contributed by atoms with E-state index in [1.54, 1.807) is 0 Å². The first-order chi connectivity index (χ1) is 8.27. The van der Waals surface area contributed by atoms with Gasteiger partial charge in [-0.15, -0.1) is 0 Å². The van der Waals surface area contributed by atoms with E-state index in [2.05, 4.69) is 58.6 Å². The highest BCUT2D eigenvalue weighted by Crippen LogP contribution is 2.15. The minimum Gasteiger partial charge on any atom is -0.321 e. The van der Waals surface area contributed by atoms with Crippen molar-refractivity contribution in [2.45, 2.75) is 13.5 Å². The molecule has 2 aromatic rings. The van der Waals surface area contributed by atoms with E-state index in [-0.39, 0.29) is 0 Å². The molecule has 0 fully saturated rings. The van der Waals surface area contributed by atoms with Crippen LogP contribution in [-0.4, -0.2) is 0 Å². The topological polar surface area (TPSA) is 24.1 Å². The summed E-state index contributed by atoms with van der Waals surface area (Å²) in [5.41, 5.74) is 10.2. The molecule has 0 atom stereocenters. The molecule has 2 nitrogen and oxygen atoms in total.